The van der Waals surface area contributed by atoms with Crippen molar-refractivity contribution >= 4 is 27.2 Å². The molecule has 0 aliphatic rings. The Morgan fingerprint density at radius 3 is 2.81 bits per heavy atom. The summed E-state index contributed by atoms with van der Waals surface area (Å²) in [7, 11) is 0. The van der Waals surface area contributed by atoms with Gasteiger partial charge in [-0.1, -0.05) is 24.3 Å². The molecule has 0 amide bonds. The van der Waals surface area contributed by atoms with E-state index in [1.165, 1.54) is 4.70 Å². The van der Waals surface area contributed by atoms with Crippen LogP contribution >= 0.6 is 11.3 Å². The highest BCUT2D eigenvalue weighted by atomic mass is 32.1. The van der Waals surface area contributed by atoms with Crippen molar-refractivity contribution in [3.05, 3.63) is 48.5 Å². The summed E-state index contributed by atoms with van der Waals surface area (Å²) in [6, 6.07) is 16.0. The average Bonchev–Trinajstić information content (AvgIpc) is 2.97. The number of aromatic nitrogens is 1. The molecule has 0 spiro atoms. The third kappa shape index (κ3) is 3.21. The van der Waals surface area contributed by atoms with Gasteiger partial charge in [0.25, 0.3) is 0 Å². The predicted molar refractivity (Wildman–Crippen MR) is 86.6 cm³/mol. The number of aliphatic hydroxyl groups excluding tert-OH is 2. The van der Waals surface area contributed by atoms with Gasteiger partial charge < -0.3 is 15.5 Å². The van der Waals surface area contributed by atoms with Crippen LogP contribution in [0.1, 0.15) is 0 Å². The highest BCUT2D eigenvalue weighted by Gasteiger charge is 2.07. The smallest absolute Gasteiger partial charge is 0.124 e. The summed E-state index contributed by atoms with van der Waals surface area (Å²) in [5.74, 6) is 0. The monoisotopic (exact) mass is 300 g/mol. The fraction of sp³-hybridized carbons (Fsp3) is 0.188. The zero-order valence-electron chi connectivity index (χ0n) is 11.4. The van der Waals surface area contributed by atoms with Crippen LogP contribution in [0.2, 0.25) is 0 Å². The predicted octanol–water partition coefficient (Wildman–Crippen LogP) is 2.73. The number of hydrogen-bond acceptors (Lipinski definition) is 5. The average molecular weight is 300 g/mol. The normalized spacial score (nSPS) is 12.5. The molecule has 0 aliphatic heterocycles. The van der Waals surface area contributed by atoms with Crippen LogP contribution in [0.3, 0.4) is 0 Å². The van der Waals surface area contributed by atoms with Gasteiger partial charge in [-0.25, -0.2) is 4.98 Å². The largest absolute Gasteiger partial charge is 0.394 e. The lowest BCUT2D eigenvalue weighted by Gasteiger charge is -2.10. The summed E-state index contributed by atoms with van der Waals surface area (Å²) in [6.07, 6.45) is -0.754. The van der Waals surface area contributed by atoms with E-state index >= 15 is 0 Å². The lowest BCUT2D eigenvalue weighted by molar-refractivity contribution is 0.105. The van der Waals surface area contributed by atoms with E-state index in [1.807, 2.05) is 42.5 Å². The minimum Gasteiger partial charge on any atom is -0.394 e. The molecule has 0 radical (unpaired) electrons. The molecule has 4 nitrogen and oxygen atoms in total. The van der Waals surface area contributed by atoms with Gasteiger partial charge in [-0.2, -0.15) is 0 Å². The van der Waals surface area contributed by atoms with Crippen LogP contribution in [0.25, 0.3) is 20.8 Å². The fourth-order valence-corrected chi connectivity index (χ4v) is 3.02. The van der Waals surface area contributed by atoms with Crippen molar-refractivity contribution in [3.8, 4) is 10.6 Å². The number of anilines is 1. The molecule has 0 fully saturated rings. The number of benzene rings is 2. The molecule has 1 unspecified atom stereocenters. The third-order valence-electron chi connectivity index (χ3n) is 3.16. The van der Waals surface area contributed by atoms with Crippen LogP contribution < -0.4 is 5.32 Å². The number of fused-ring (bicyclic) bond motifs is 1. The van der Waals surface area contributed by atoms with E-state index in [4.69, 9.17) is 5.11 Å². The molecule has 1 heterocycles. The molecule has 2 aromatic carbocycles. The summed E-state index contributed by atoms with van der Waals surface area (Å²) in [4.78, 5) is 4.64. The van der Waals surface area contributed by atoms with Gasteiger partial charge in [-0.15, -0.1) is 11.3 Å². The zero-order chi connectivity index (χ0) is 14.7. The second-order valence-electron chi connectivity index (χ2n) is 4.78. The van der Waals surface area contributed by atoms with E-state index in [0.717, 1.165) is 21.8 Å². The minimum absolute atomic E-state index is 0.245. The zero-order valence-corrected chi connectivity index (χ0v) is 12.2. The lowest BCUT2D eigenvalue weighted by Crippen LogP contribution is -2.22. The molecule has 0 saturated heterocycles. The van der Waals surface area contributed by atoms with E-state index in [0.29, 0.717) is 6.54 Å². The molecule has 1 atom stereocenters. The standard InChI is InChI=1S/C16H16N2O2S/c19-10-13(20)9-17-12-5-3-4-11(8-12)16-18-14-6-1-2-7-15(14)21-16/h1-8,13,17,19-20H,9-10H2. The van der Waals surface area contributed by atoms with Crippen LogP contribution in [0.5, 0.6) is 0 Å². The number of thiazole rings is 1. The van der Waals surface area contributed by atoms with Crippen molar-refractivity contribution in [3.63, 3.8) is 0 Å². The first-order valence-electron chi connectivity index (χ1n) is 6.75. The van der Waals surface area contributed by atoms with Crippen molar-refractivity contribution in [1.82, 2.24) is 4.98 Å². The Morgan fingerprint density at radius 1 is 1.14 bits per heavy atom. The third-order valence-corrected chi connectivity index (χ3v) is 4.24. The minimum atomic E-state index is -0.754. The Kier molecular flexibility index (Phi) is 4.15. The summed E-state index contributed by atoms with van der Waals surface area (Å²) in [6.45, 7) is 0.0738. The topological polar surface area (TPSA) is 65.4 Å². The lowest BCUT2D eigenvalue weighted by atomic mass is 10.2. The number of aliphatic hydroxyl groups is 2. The van der Waals surface area contributed by atoms with Crippen molar-refractivity contribution in [1.29, 1.82) is 0 Å². The molecule has 1 aromatic heterocycles. The molecule has 5 heteroatoms. The van der Waals surface area contributed by atoms with Gasteiger partial charge in [0.05, 0.1) is 22.9 Å². The molecule has 0 saturated carbocycles. The van der Waals surface area contributed by atoms with E-state index in [1.54, 1.807) is 11.3 Å². The van der Waals surface area contributed by atoms with Crippen LogP contribution in [-0.2, 0) is 0 Å². The molecule has 0 bridgehead atoms. The summed E-state index contributed by atoms with van der Waals surface area (Å²) >= 11 is 1.66. The molecule has 0 aliphatic carbocycles. The number of hydrogen-bond donors (Lipinski definition) is 3. The molecule has 108 valence electrons. The van der Waals surface area contributed by atoms with Gasteiger partial charge >= 0.3 is 0 Å². The van der Waals surface area contributed by atoms with Crippen molar-refractivity contribution < 1.29 is 10.2 Å². The highest BCUT2D eigenvalue weighted by molar-refractivity contribution is 7.21. The number of nitrogens with one attached hydrogen (secondary N) is 1. The second kappa shape index (κ2) is 6.22. The van der Waals surface area contributed by atoms with Crippen LogP contribution in [-0.4, -0.2) is 34.5 Å². The van der Waals surface area contributed by atoms with Gasteiger partial charge in [-0.3, -0.25) is 0 Å². The van der Waals surface area contributed by atoms with Gasteiger partial charge in [-0.05, 0) is 24.3 Å². The maximum atomic E-state index is 9.38. The Balaban J connectivity index is 1.85. The Morgan fingerprint density at radius 2 is 2.00 bits per heavy atom. The van der Waals surface area contributed by atoms with Gasteiger partial charge in [0.1, 0.15) is 5.01 Å². The van der Waals surface area contributed by atoms with Gasteiger partial charge in [0, 0.05) is 17.8 Å². The first-order valence-corrected chi connectivity index (χ1v) is 7.57. The van der Waals surface area contributed by atoms with E-state index in [-0.39, 0.29) is 6.61 Å². The molecule has 21 heavy (non-hydrogen) atoms. The second-order valence-corrected chi connectivity index (χ2v) is 5.82. The Hall–Kier alpha value is -1.95. The summed E-state index contributed by atoms with van der Waals surface area (Å²) in [5, 5.41) is 22.3. The van der Waals surface area contributed by atoms with Gasteiger partial charge in [0.2, 0.25) is 0 Å². The van der Waals surface area contributed by atoms with Crippen LogP contribution in [0.15, 0.2) is 48.5 Å². The first kappa shape index (κ1) is 14.0. The molecule has 3 N–H and O–H groups in total. The van der Waals surface area contributed by atoms with E-state index in [2.05, 4.69) is 16.4 Å². The first-order chi connectivity index (χ1) is 10.3. The summed E-state index contributed by atoms with van der Waals surface area (Å²) < 4.78 is 1.17. The van der Waals surface area contributed by atoms with E-state index in [9.17, 15) is 5.11 Å². The van der Waals surface area contributed by atoms with E-state index < -0.39 is 6.10 Å². The molecular weight excluding hydrogens is 284 g/mol. The Bertz CT molecular complexity index is 709. The van der Waals surface area contributed by atoms with Crippen LogP contribution in [0.4, 0.5) is 5.69 Å². The number of para-hydroxylation sites is 1. The van der Waals surface area contributed by atoms with Crippen molar-refractivity contribution in [2.75, 3.05) is 18.5 Å². The molecule has 3 rings (SSSR count). The van der Waals surface area contributed by atoms with Crippen molar-refractivity contribution in [2.24, 2.45) is 0 Å². The number of rotatable bonds is 5. The summed E-state index contributed by atoms with van der Waals surface area (Å²) in [5.41, 5.74) is 2.95. The number of nitrogens with zero attached hydrogens (tertiary/aromatic N) is 1. The Labute approximate surface area is 126 Å². The van der Waals surface area contributed by atoms with Crippen LogP contribution in [0, 0.1) is 0 Å². The molecule has 3 aromatic rings. The quantitative estimate of drug-likeness (QED) is 0.678. The van der Waals surface area contributed by atoms with Crippen molar-refractivity contribution in [2.45, 2.75) is 6.10 Å². The maximum Gasteiger partial charge on any atom is 0.124 e. The maximum absolute atomic E-state index is 9.38. The SMILES string of the molecule is OCC(O)CNc1cccc(-c2nc3ccccc3s2)c1. The molecular formula is C16H16N2O2S. The fourth-order valence-electron chi connectivity index (χ4n) is 2.06. The van der Waals surface area contributed by atoms with Gasteiger partial charge in [0.15, 0.2) is 0 Å². The highest BCUT2D eigenvalue weighted by Crippen LogP contribution is 2.31.